The maximum Gasteiger partial charge on any atom is 0.163 e. The zero-order valence-corrected chi connectivity index (χ0v) is 12.1. The Hall–Kier alpha value is -1.87. The second kappa shape index (κ2) is 5.86. The van der Waals surface area contributed by atoms with Crippen molar-refractivity contribution in [3.05, 3.63) is 63.9 Å². The highest BCUT2D eigenvalue weighted by Gasteiger charge is 2.13. The molecule has 0 aliphatic carbocycles. The molecule has 2 aromatic rings. The Kier molecular flexibility index (Phi) is 3.93. The summed E-state index contributed by atoms with van der Waals surface area (Å²) in [5, 5.41) is -0.0180. The standard InChI is InChI=1S/C17H14ClFO2/c18-14-10-12(3-4-15(14)19)16(20)5-1-11-2-6-17-13(9-11)7-8-21-17/h2-4,6,9-10H,1,5,7-8H2. The van der Waals surface area contributed by atoms with Gasteiger partial charge in [-0.2, -0.15) is 0 Å². The molecule has 0 aromatic heterocycles. The van der Waals surface area contributed by atoms with Crippen molar-refractivity contribution >= 4 is 17.4 Å². The molecule has 0 radical (unpaired) electrons. The minimum atomic E-state index is -0.508. The van der Waals surface area contributed by atoms with Crippen molar-refractivity contribution in [3.8, 4) is 5.75 Å². The molecule has 2 nitrogen and oxygen atoms in total. The molecule has 1 aliphatic heterocycles. The molecule has 2 aromatic carbocycles. The van der Waals surface area contributed by atoms with Crippen molar-refractivity contribution < 1.29 is 13.9 Å². The van der Waals surface area contributed by atoms with Crippen molar-refractivity contribution in [2.45, 2.75) is 19.3 Å². The van der Waals surface area contributed by atoms with Gasteiger partial charge in [0.2, 0.25) is 0 Å². The molecule has 0 saturated carbocycles. The summed E-state index contributed by atoms with van der Waals surface area (Å²) in [6.45, 7) is 0.728. The van der Waals surface area contributed by atoms with Crippen molar-refractivity contribution in [3.63, 3.8) is 0 Å². The van der Waals surface area contributed by atoms with E-state index >= 15 is 0 Å². The topological polar surface area (TPSA) is 26.3 Å². The number of hydrogen-bond acceptors (Lipinski definition) is 2. The summed E-state index contributed by atoms with van der Waals surface area (Å²) in [5.74, 6) is 0.399. The largest absolute Gasteiger partial charge is 0.493 e. The Balaban J connectivity index is 1.67. The normalized spacial score (nSPS) is 12.9. The van der Waals surface area contributed by atoms with Gasteiger partial charge >= 0.3 is 0 Å². The lowest BCUT2D eigenvalue weighted by atomic mass is 10.0. The first-order chi connectivity index (χ1) is 10.1. The Labute approximate surface area is 127 Å². The lowest BCUT2D eigenvalue weighted by Crippen LogP contribution is -2.02. The predicted molar refractivity (Wildman–Crippen MR) is 79.7 cm³/mol. The van der Waals surface area contributed by atoms with Crippen molar-refractivity contribution in [1.82, 2.24) is 0 Å². The van der Waals surface area contributed by atoms with Gasteiger partial charge < -0.3 is 4.74 Å². The Morgan fingerprint density at radius 2 is 2.10 bits per heavy atom. The summed E-state index contributed by atoms with van der Waals surface area (Å²) in [5.41, 5.74) is 2.76. The number of fused-ring (bicyclic) bond motifs is 1. The molecule has 0 saturated heterocycles. The third-order valence-corrected chi connectivity index (χ3v) is 3.93. The van der Waals surface area contributed by atoms with Crippen LogP contribution in [-0.2, 0) is 12.8 Å². The summed E-state index contributed by atoms with van der Waals surface area (Å²) in [4.78, 5) is 12.1. The third-order valence-electron chi connectivity index (χ3n) is 3.64. The molecule has 0 atom stereocenters. The third kappa shape index (κ3) is 3.08. The molecule has 21 heavy (non-hydrogen) atoms. The molecule has 0 spiro atoms. The van der Waals surface area contributed by atoms with E-state index in [-0.39, 0.29) is 10.8 Å². The number of ether oxygens (including phenoxy) is 1. The van der Waals surface area contributed by atoms with Gasteiger partial charge in [-0.25, -0.2) is 4.39 Å². The number of halogens is 2. The van der Waals surface area contributed by atoms with Crippen LogP contribution < -0.4 is 4.74 Å². The predicted octanol–water partition coefficient (Wildman–Crippen LogP) is 4.23. The van der Waals surface area contributed by atoms with Gasteiger partial charge in [-0.1, -0.05) is 23.7 Å². The number of aryl methyl sites for hydroxylation is 1. The lowest BCUT2D eigenvalue weighted by molar-refractivity contribution is 0.0983. The molecule has 0 fully saturated rings. The first kappa shape index (κ1) is 14.1. The van der Waals surface area contributed by atoms with E-state index in [9.17, 15) is 9.18 Å². The number of ketones is 1. The molecular weight excluding hydrogens is 291 g/mol. The van der Waals surface area contributed by atoms with Crippen LogP contribution in [0.15, 0.2) is 36.4 Å². The second-order valence-corrected chi connectivity index (χ2v) is 5.50. The van der Waals surface area contributed by atoms with Crippen LogP contribution in [0.5, 0.6) is 5.75 Å². The highest BCUT2D eigenvalue weighted by molar-refractivity contribution is 6.31. The van der Waals surface area contributed by atoms with Gasteiger partial charge in [-0.3, -0.25) is 4.79 Å². The Bertz CT molecular complexity index is 697. The summed E-state index contributed by atoms with van der Waals surface area (Å²) >= 11 is 5.70. The number of Topliss-reactive ketones (excluding diaryl/α,β-unsaturated/α-hetero) is 1. The van der Waals surface area contributed by atoms with E-state index in [1.165, 1.54) is 23.8 Å². The van der Waals surface area contributed by atoms with Gasteiger partial charge in [0, 0.05) is 18.4 Å². The van der Waals surface area contributed by atoms with Crippen LogP contribution in [0.3, 0.4) is 0 Å². The molecule has 1 heterocycles. The van der Waals surface area contributed by atoms with Gasteiger partial charge in [-0.05, 0) is 41.8 Å². The van der Waals surface area contributed by atoms with E-state index in [2.05, 4.69) is 6.07 Å². The fourth-order valence-corrected chi connectivity index (χ4v) is 2.65. The van der Waals surface area contributed by atoms with E-state index in [0.717, 1.165) is 24.3 Å². The molecule has 0 unspecified atom stereocenters. The van der Waals surface area contributed by atoms with Gasteiger partial charge in [0.15, 0.2) is 5.78 Å². The van der Waals surface area contributed by atoms with E-state index in [0.29, 0.717) is 18.4 Å². The van der Waals surface area contributed by atoms with E-state index < -0.39 is 5.82 Å². The van der Waals surface area contributed by atoms with Crippen molar-refractivity contribution in [1.29, 1.82) is 0 Å². The van der Waals surface area contributed by atoms with Gasteiger partial charge in [0.1, 0.15) is 11.6 Å². The smallest absolute Gasteiger partial charge is 0.163 e. The second-order valence-electron chi connectivity index (χ2n) is 5.09. The van der Waals surface area contributed by atoms with Crippen molar-refractivity contribution in [2.24, 2.45) is 0 Å². The van der Waals surface area contributed by atoms with Gasteiger partial charge in [0.25, 0.3) is 0 Å². The zero-order chi connectivity index (χ0) is 14.8. The molecule has 1 aliphatic rings. The molecule has 4 heteroatoms. The zero-order valence-electron chi connectivity index (χ0n) is 11.4. The SMILES string of the molecule is O=C(CCc1ccc2c(c1)CCO2)c1ccc(F)c(Cl)c1. The molecule has 3 rings (SSSR count). The fourth-order valence-electron chi connectivity index (χ4n) is 2.47. The fraction of sp³-hybridized carbons (Fsp3) is 0.235. The van der Waals surface area contributed by atoms with Gasteiger partial charge in [0.05, 0.1) is 11.6 Å². The maximum atomic E-state index is 13.1. The number of benzene rings is 2. The monoisotopic (exact) mass is 304 g/mol. The van der Waals surface area contributed by atoms with Crippen LogP contribution in [0.25, 0.3) is 0 Å². The first-order valence-electron chi connectivity index (χ1n) is 6.86. The summed E-state index contributed by atoms with van der Waals surface area (Å²) < 4.78 is 18.5. The lowest BCUT2D eigenvalue weighted by Gasteiger charge is -2.05. The highest BCUT2D eigenvalue weighted by Crippen LogP contribution is 2.26. The summed E-state index contributed by atoms with van der Waals surface area (Å²) in [6, 6.07) is 10.1. The van der Waals surface area contributed by atoms with Gasteiger partial charge in [-0.15, -0.1) is 0 Å². The minimum absolute atomic E-state index is 0.0180. The molecule has 0 bridgehead atoms. The van der Waals surface area contributed by atoms with E-state index in [1.807, 2.05) is 12.1 Å². The first-order valence-corrected chi connectivity index (χ1v) is 7.24. The highest BCUT2D eigenvalue weighted by atomic mass is 35.5. The summed E-state index contributed by atoms with van der Waals surface area (Å²) in [6.07, 6.45) is 1.95. The molecule has 0 amide bonds. The van der Waals surface area contributed by atoms with Crippen LogP contribution in [0, 0.1) is 5.82 Å². The van der Waals surface area contributed by atoms with Crippen molar-refractivity contribution in [2.75, 3.05) is 6.61 Å². The van der Waals surface area contributed by atoms with Crippen LogP contribution in [-0.4, -0.2) is 12.4 Å². The average Bonchev–Trinajstić information content (AvgIpc) is 2.95. The van der Waals surface area contributed by atoms with Crippen LogP contribution in [0.2, 0.25) is 5.02 Å². The number of hydrogen-bond donors (Lipinski definition) is 0. The molecule has 108 valence electrons. The van der Waals surface area contributed by atoms with Crippen LogP contribution >= 0.6 is 11.6 Å². The Morgan fingerprint density at radius 1 is 1.24 bits per heavy atom. The maximum absolute atomic E-state index is 13.1. The molecular formula is C17H14ClFO2. The van der Waals surface area contributed by atoms with E-state index in [1.54, 1.807) is 0 Å². The Morgan fingerprint density at radius 3 is 2.90 bits per heavy atom. The summed E-state index contributed by atoms with van der Waals surface area (Å²) in [7, 11) is 0. The minimum Gasteiger partial charge on any atom is -0.493 e. The average molecular weight is 305 g/mol. The van der Waals surface area contributed by atoms with Crippen LogP contribution in [0.1, 0.15) is 27.9 Å². The number of carbonyl (C=O) groups excluding carboxylic acids is 1. The quantitative estimate of drug-likeness (QED) is 0.790. The number of rotatable bonds is 4. The van der Waals surface area contributed by atoms with E-state index in [4.69, 9.17) is 16.3 Å². The van der Waals surface area contributed by atoms with Crippen LogP contribution in [0.4, 0.5) is 4.39 Å². The number of carbonyl (C=O) groups is 1. The molecule has 0 N–H and O–H groups in total.